The molecule has 0 fully saturated rings. The molecule has 3 N–H and O–H groups in total. The van der Waals surface area contributed by atoms with Gasteiger partial charge in [-0.15, -0.1) is 0 Å². The van der Waals surface area contributed by atoms with Gasteiger partial charge in [0, 0.05) is 10.5 Å². The molecule has 0 aromatic heterocycles. The molecule has 0 saturated carbocycles. The minimum absolute atomic E-state index is 0.113. The van der Waals surface area contributed by atoms with E-state index in [1.807, 2.05) is 0 Å². The molecule has 0 spiro atoms. The van der Waals surface area contributed by atoms with Crippen LogP contribution in [0.2, 0.25) is 0 Å². The maximum Gasteiger partial charge on any atom is 0.0696 e. The average molecular weight is 328 g/mol. The molecular formula is C16H26BrNO. The van der Waals surface area contributed by atoms with E-state index in [2.05, 4.69) is 55.8 Å². The highest BCUT2D eigenvalue weighted by atomic mass is 79.9. The number of halogens is 1. The quantitative estimate of drug-likeness (QED) is 0.827. The summed E-state index contributed by atoms with van der Waals surface area (Å²) in [6.45, 7) is 8.48. The standard InChI is InChI=1S/C16H26BrNO/c1-5-6-15(18)16(19)9-12(4)13-7-10(2)11(3)8-14(13)17/h7-8,12,15-16,19H,5-6,9,18H2,1-4H3. The second kappa shape index (κ2) is 7.41. The van der Waals surface area contributed by atoms with Gasteiger partial charge in [0.1, 0.15) is 0 Å². The van der Waals surface area contributed by atoms with Crippen molar-refractivity contribution < 1.29 is 5.11 Å². The van der Waals surface area contributed by atoms with E-state index < -0.39 is 6.10 Å². The molecule has 0 amide bonds. The van der Waals surface area contributed by atoms with Gasteiger partial charge in [-0.2, -0.15) is 0 Å². The number of rotatable bonds is 6. The summed E-state index contributed by atoms with van der Waals surface area (Å²) < 4.78 is 1.12. The summed E-state index contributed by atoms with van der Waals surface area (Å²) in [5.74, 6) is 0.298. The van der Waals surface area contributed by atoms with Crippen molar-refractivity contribution in [1.29, 1.82) is 0 Å². The first-order valence-electron chi connectivity index (χ1n) is 7.07. The third-order valence-corrected chi connectivity index (χ3v) is 4.54. The third-order valence-electron chi connectivity index (χ3n) is 3.86. The molecule has 2 nitrogen and oxygen atoms in total. The van der Waals surface area contributed by atoms with Crippen LogP contribution in [-0.2, 0) is 0 Å². The van der Waals surface area contributed by atoms with Crippen LogP contribution in [0.15, 0.2) is 16.6 Å². The monoisotopic (exact) mass is 327 g/mol. The molecule has 0 aliphatic rings. The van der Waals surface area contributed by atoms with Gasteiger partial charge in [0.2, 0.25) is 0 Å². The van der Waals surface area contributed by atoms with Crippen LogP contribution in [0.25, 0.3) is 0 Å². The lowest BCUT2D eigenvalue weighted by molar-refractivity contribution is 0.124. The Balaban J connectivity index is 2.78. The molecule has 3 unspecified atom stereocenters. The molecule has 108 valence electrons. The second-order valence-corrected chi connectivity index (χ2v) is 6.47. The summed E-state index contributed by atoms with van der Waals surface area (Å²) in [5.41, 5.74) is 9.81. The van der Waals surface area contributed by atoms with Crippen molar-refractivity contribution in [3.05, 3.63) is 33.3 Å². The van der Waals surface area contributed by atoms with Gasteiger partial charge in [-0.1, -0.05) is 42.3 Å². The predicted molar refractivity (Wildman–Crippen MR) is 85.5 cm³/mol. The molecule has 0 aliphatic heterocycles. The fourth-order valence-electron chi connectivity index (χ4n) is 2.37. The van der Waals surface area contributed by atoms with Gasteiger partial charge < -0.3 is 10.8 Å². The average Bonchev–Trinajstić information content (AvgIpc) is 2.33. The van der Waals surface area contributed by atoms with E-state index in [0.717, 1.165) is 17.3 Å². The third kappa shape index (κ3) is 4.59. The minimum atomic E-state index is -0.427. The molecule has 1 aromatic carbocycles. The first kappa shape index (κ1) is 16.7. The van der Waals surface area contributed by atoms with Crippen LogP contribution in [0.1, 0.15) is 55.7 Å². The highest BCUT2D eigenvalue weighted by Gasteiger charge is 2.19. The lowest BCUT2D eigenvalue weighted by Crippen LogP contribution is -2.35. The number of nitrogens with two attached hydrogens (primary N) is 1. The van der Waals surface area contributed by atoms with Crippen LogP contribution >= 0.6 is 15.9 Å². The normalized spacial score (nSPS) is 16.2. The van der Waals surface area contributed by atoms with Gasteiger partial charge in [-0.3, -0.25) is 0 Å². The molecular weight excluding hydrogens is 302 g/mol. The molecule has 1 aromatic rings. The zero-order valence-corrected chi connectivity index (χ0v) is 14.0. The van der Waals surface area contributed by atoms with Crippen LogP contribution in [0, 0.1) is 13.8 Å². The summed E-state index contributed by atoms with van der Waals surface area (Å²) in [7, 11) is 0. The van der Waals surface area contributed by atoms with Crippen molar-refractivity contribution >= 4 is 15.9 Å². The highest BCUT2D eigenvalue weighted by molar-refractivity contribution is 9.10. The Morgan fingerprint density at radius 3 is 2.42 bits per heavy atom. The molecule has 0 aliphatic carbocycles. The summed E-state index contributed by atoms with van der Waals surface area (Å²) in [6.07, 6.45) is 2.17. The van der Waals surface area contributed by atoms with E-state index in [1.165, 1.54) is 16.7 Å². The summed E-state index contributed by atoms with van der Waals surface area (Å²) in [6, 6.07) is 4.25. The Morgan fingerprint density at radius 2 is 1.84 bits per heavy atom. The number of benzene rings is 1. The Labute approximate surface area is 125 Å². The van der Waals surface area contributed by atoms with Crippen molar-refractivity contribution in [2.45, 2.75) is 65.0 Å². The largest absolute Gasteiger partial charge is 0.391 e. The molecule has 0 bridgehead atoms. The van der Waals surface area contributed by atoms with Crippen LogP contribution in [0.5, 0.6) is 0 Å². The molecule has 0 saturated heterocycles. The maximum atomic E-state index is 10.2. The first-order valence-corrected chi connectivity index (χ1v) is 7.86. The fraction of sp³-hybridized carbons (Fsp3) is 0.625. The number of hydrogen-bond acceptors (Lipinski definition) is 2. The van der Waals surface area contributed by atoms with Crippen LogP contribution in [0.4, 0.5) is 0 Å². The van der Waals surface area contributed by atoms with Gasteiger partial charge >= 0.3 is 0 Å². The Kier molecular flexibility index (Phi) is 6.51. The number of aliphatic hydroxyl groups excluding tert-OH is 1. The van der Waals surface area contributed by atoms with Gasteiger partial charge in [-0.25, -0.2) is 0 Å². The van der Waals surface area contributed by atoms with Crippen molar-refractivity contribution in [2.75, 3.05) is 0 Å². The summed E-state index contributed by atoms with van der Waals surface area (Å²) >= 11 is 3.63. The molecule has 3 atom stereocenters. The molecule has 1 rings (SSSR count). The first-order chi connectivity index (χ1) is 8.86. The maximum absolute atomic E-state index is 10.2. The Hall–Kier alpha value is -0.380. The molecule has 3 heteroatoms. The lowest BCUT2D eigenvalue weighted by atomic mass is 9.90. The topological polar surface area (TPSA) is 46.2 Å². The smallest absolute Gasteiger partial charge is 0.0696 e. The molecule has 0 heterocycles. The van der Waals surface area contributed by atoms with Crippen molar-refractivity contribution in [3.8, 4) is 0 Å². The zero-order chi connectivity index (χ0) is 14.6. The Morgan fingerprint density at radius 1 is 1.26 bits per heavy atom. The zero-order valence-electron chi connectivity index (χ0n) is 12.4. The van der Waals surface area contributed by atoms with E-state index in [1.54, 1.807) is 0 Å². The van der Waals surface area contributed by atoms with E-state index >= 15 is 0 Å². The van der Waals surface area contributed by atoms with Gasteiger partial charge in [0.05, 0.1) is 6.10 Å². The molecule has 0 radical (unpaired) electrons. The van der Waals surface area contributed by atoms with Crippen molar-refractivity contribution in [1.82, 2.24) is 0 Å². The van der Waals surface area contributed by atoms with E-state index in [4.69, 9.17) is 5.73 Å². The summed E-state index contributed by atoms with van der Waals surface area (Å²) in [5, 5.41) is 10.2. The van der Waals surface area contributed by atoms with Crippen molar-refractivity contribution in [3.63, 3.8) is 0 Å². The van der Waals surface area contributed by atoms with Crippen molar-refractivity contribution in [2.24, 2.45) is 5.73 Å². The second-order valence-electron chi connectivity index (χ2n) is 5.61. The lowest BCUT2D eigenvalue weighted by Gasteiger charge is -2.23. The van der Waals surface area contributed by atoms with E-state index in [0.29, 0.717) is 12.3 Å². The summed E-state index contributed by atoms with van der Waals surface area (Å²) in [4.78, 5) is 0. The minimum Gasteiger partial charge on any atom is -0.391 e. The van der Waals surface area contributed by atoms with Gasteiger partial charge in [-0.05, 0) is 55.4 Å². The number of aliphatic hydroxyl groups is 1. The fourth-order valence-corrected chi connectivity index (χ4v) is 3.22. The van der Waals surface area contributed by atoms with Gasteiger partial charge in [0.25, 0.3) is 0 Å². The van der Waals surface area contributed by atoms with Crippen LogP contribution in [0.3, 0.4) is 0 Å². The van der Waals surface area contributed by atoms with E-state index in [9.17, 15) is 5.11 Å². The van der Waals surface area contributed by atoms with E-state index in [-0.39, 0.29) is 6.04 Å². The van der Waals surface area contributed by atoms with Crippen LogP contribution < -0.4 is 5.73 Å². The number of aryl methyl sites for hydroxylation is 2. The number of hydrogen-bond donors (Lipinski definition) is 2. The SMILES string of the molecule is CCCC(N)C(O)CC(C)c1cc(C)c(C)cc1Br. The predicted octanol–water partition coefficient (Wildman–Crippen LogP) is 4.05. The van der Waals surface area contributed by atoms with Crippen LogP contribution in [-0.4, -0.2) is 17.3 Å². The molecule has 19 heavy (non-hydrogen) atoms. The highest BCUT2D eigenvalue weighted by Crippen LogP contribution is 2.31. The van der Waals surface area contributed by atoms with Gasteiger partial charge in [0.15, 0.2) is 0 Å². The Bertz CT molecular complexity index is 419.